The van der Waals surface area contributed by atoms with Gasteiger partial charge in [-0.2, -0.15) is 12.6 Å². The highest BCUT2D eigenvalue weighted by Crippen LogP contribution is 3.11. The van der Waals surface area contributed by atoms with Crippen LogP contribution in [0.4, 0.5) is 0 Å². The van der Waals surface area contributed by atoms with Crippen LogP contribution in [0.2, 0.25) is 0 Å². The van der Waals surface area contributed by atoms with Crippen molar-refractivity contribution in [3.63, 3.8) is 0 Å². The standard InChI is InChI=1S/C34H47NS/c1-7-12(2)19-13(3)14(4)22-20-15-8-17-24-21-16(20)9-32(22)26(21)27(35-32)31-11-29(5)10-18(31)25-23(15)30(24,6)34(31,28(19)36)33(17,25)29/h12-28,35-36H,7-11H2,1-6H3. The lowest BCUT2D eigenvalue weighted by Gasteiger charge is -2.73. The van der Waals surface area contributed by atoms with E-state index in [1.165, 1.54) is 6.42 Å². The van der Waals surface area contributed by atoms with Crippen LogP contribution in [-0.4, -0.2) is 16.8 Å². The van der Waals surface area contributed by atoms with Gasteiger partial charge in [0, 0.05) is 22.2 Å². The molecule has 14 saturated carbocycles. The molecule has 16 aliphatic rings. The van der Waals surface area contributed by atoms with Gasteiger partial charge in [-0.15, -0.1) is 0 Å². The van der Waals surface area contributed by atoms with Gasteiger partial charge in [-0.1, -0.05) is 48.0 Å². The van der Waals surface area contributed by atoms with Gasteiger partial charge >= 0.3 is 0 Å². The zero-order chi connectivity index (χ0) is 24.1. The summed E-state index contributed by atoms with van der Waals surface area (Å²) in [7, 11) is 0. The average Bonchev–Trinajstić information content (AvgIpc) is 3.59. The second-order valence-corrected chi connectivity index (χ2v) is 19.1. The summed E-state index contributed by atoms with van der Waals surface area (Å²) in [6.07, 6.45) is 7.82. The maximum Gasteiger partial charge on any atom is 0.0267 e. The van der Waals surface area contributed by atoms with E-state index in [9.17, 15) is 0 Å². The van der Waals surface area contributed by atoms with Crippen LogP contribution in [0, 0.1) is 116 Å². The van der Waals surface area contributed by atoms with E-state index in [0.29, 0.717) is 37.9 Å². The summed E-state index contributed by atoms with van der Waals surface area (Å²) in [6.45, 7) is 16.6. The van der Waals surface area contributed by atoms with Crippen LogP contribution < -0.4 is 5.32 Å². The van der Waals surface area contributed by atoms with Crippen molar-refractivity contribution in [2.75, 3.05) is 0 Å². The van der Waals surface area contributed by atoms with Crippen molar-refractivity contribution in [1.29, 1.82) is 0 Å². The summed E-state index contributed by atoms with van der Waals surface area (Å²) in [5.74, 6) is 15.0. The van der Waals surface area contributed by atoms with Gasteiger partial charge in [0.15, 0.2) is 0 Å². The Morgan fingerprint density at radius 1 is 0.917 bits per heavy atom. The first kappa shape index (κ1) is 20.2. The maximum absolute atomic E-state index is 6.19. The molecule has 0 aromatic heterocycles. The highest BCUT2D eigenvalue weighted by molar-refractivity contribution is 7.81. The molecule has 2 heteroatoms. The summed E-state index contributed by atoms with van der Waals surface area (Å²) in [4.78, 5) is 0. The van der Waals surface area contributed by atoms with Crippen molar-refractivity contribution in [3.05, 3.63) is 0 Å². The van der Waals surface area contributed by atoms with Crippen LogP contribution in [0.1, 0.15) is 73.6 Å². The minimum absolute atomic E-state index is 0.521. The van der Waals surface area contributed by atoms with E-state index in [1.54, 1.807) is 25.7 Å². The molecule has 0 radical (unpaired) electrons. The lowest BCUT2D eigenvalue weighted by atomic mass is 9.36. The molecular formula is C34H47NS. The molecule has 2 aliphatic heterocycles. The minimum atomic E-state index is 0.521. The van der Waals surface area contributed by atoms with Crippen molar-refractivity contribution in [3.8, 4) is 0 Å². The molecule has 1 nitrogen and oxygen atoms in total. The summed E-state index contributed by atoms with van der Waals surface area (Å²) < 4.78 is 0. The first-order chi connectivity index (χ1) is 17.2. The molecule has 194 valence electrons. The van der Waals surface area contributed by atoms with E-state index < -0.39 is 0 Å². The quantitative estimate of drug-likeness (QED) is 0.418. The smallest absolute Gasteiger partial charge is 0.0267 e. The van der Waals surface area contributed by atoms with Gasteiger partial charge < -0.3 is 5.32 Å². The Labute approximate surface area is 223 Å². The fourth-order valence-electron chi connectivity index (χ4n) is 21.2. The van der Waals surface area contributed by atoms with Gasteiger partial charge in [-0.05, 0) is 136 Å². The normalized spacial score (nSPS) is 85.8. The molecule has 23 unspecified atom stereocenters. The van der Waals surface area contributed by atoms with Gasteiger partial charge in [0.05, 0.1) is 0 Å². The van der Waals surface area contributed by atoms with E-state index in [4.69, 9.17) is 17.9 Å². The zero-order valence-electron chi connectivity index (χ0n) is 23.3. The average molecular weight is 502 g/mol. The van der Waals surface area contributed by atoms with E-state index >= 15 is 0 Å². The highest BCUT2D eigenvalue weighted by Gasteiger charge is 3.10. The fourth-order valence-corrected chi connectivity index (χ4v) is 22.5. The third-order valence-electron chi connectivity index (χ3n) is 19.9. The van der Waals surface area contributed by atoms with Crippen LogP contribution in [0.15, 0.2) is 0 Å². The van der Waals surface area contributed by atoms with Gasteiger partial charge in [-0.3, -0.25) is 0 Å². The maximum atomic E-state index is 6.19. The largest absolute Gasteiger partial charge is 0.307 e. The summed E-state index contributed by atoms with van der Waals surface area (Å²) in [6, 6.07) is 0.864. The SMILES string of the molecule is CCC(C)C1C(C)C(C)C2C3C4CC25NC2C5C4C4C5CC3C3C6C7CC8(C)CC72C(C1S)(C43C)C568. The number of hydrogen-bond donors (Lipinski definition) is 2. The van der Waals surface area contributed by atoms with Gasteiger partial charge in [0.2, 0.25) is 0 Å². The molecule has 16 rings (SSSR count). The van der Waals surface area contributed by atoms with Crippen LogP contribution in [-0.2, 0) is 0 Å². The number of rotatable bonds is 2. The Bertz CT molecular complexity index is 1230. The van der Waals surface area contributed by atoms with Crippen molar-refractivity contribution < 1.29 is 0 Å². The monoisotopic (exact) mass is 501 g/mol. The molecule has 2 saturated heterocycles. The van der Waals surface area contributed by atoms with Crippen LogP contribution in [0.25, 0.3) is 0 Å². The van der Waals surface area contributed by atoms with Crippen LogP contribution in [0.5, 0.6) is 0 Å². The molecule has 4 spiro atoms. The number of hydrogen-bond acceptors (Lipinski definition) is 2. The second-order valence-electron chi connectivity index (χ2n) is 18.5. The lowest BCUT2D eigenvalue weighted by molar-refractivity contribution is -0.219. The van der Waals surface area contributed by atoms with Gasteiger partial charge in [0.25, 0.3) is 0 Å². The molecule has 16 fully saturated rings. The lowest BCUT2D eigenvalue weighted by Crippen LogP contribution is -2.82. The molecular weight excluding hydrogens is 454 g/mol. The second kappa shape index (κ2) is 4.77. The summed E-state index contributed by atoms with van der Waals surface area (Å²) in [5, 5.41) is 5.39. The molecule has 14 aliphatic carbocycles. The zero-order valence-corrected chi connectivity index (χ0v) is 24.2. The fraction of sp³-hybridized carbons (Fsp3) is 1.00. The third kappa shape index (κ3) is 1.16. The van der Waals surface area contributed by atoms with Crippen LogP contribution >= 0.6 is 12.6 Å². The Morgan fingerprint density at radius 2 is 1.72 bits per heavy atom. The van der Waals surface area contributed by atoms with Gasteiger partial charge in [0.1, 0.15) is 0 Å². The Balaban J connectivity index is 1.31. The topological polar surface area (TPSA) is 12.0 Å². The predicted octanol–water partition coefficient (Wildman–Crippen LogP) is 6.39. The molecule has 1 N–H and O–H groups in total. The highest BCUT2D eigenvalue weighted by atomic mass is 32.1. The first-order valence-corrected chi connectivity index (χ1v) is 17.1. The molecule has 0 aromatic rings. The predicted molar refractivity (Wildman–Crippen MR) is 144 cm³/mol. The number of nitrogens with one attached hydrogen (secondary N) is 1. The van der Waals surface area contributed by atoms with E-state index in [-0.39, 0.29) is 0 Å². The summed E-state index contributed by atoms with van der Waals surface area (Å²) >= 11 is 6.19. The number of thiol groups is 1. The third-order valence-corrected chi connectivity index (χ3v) is 20.7. The van der Waals surface area contributed by atoms with E-state index in [2.05, 4.69) is 41.5 Å². The summed E-state index contributed by atoms with van der Waals surface area (Å²) in [5.41, 5.74) is 3.53. The minimum Gasteiger partial charge on any atom is -0.307 e. The Morgan fingerprint density at radius 3 is 2.50 bits per heavy atom. The van der Waals surface area contributed by atoms with Crippen molar-refractivity contribution in [2.45, 2.75) is 90.5 Å². The molecule has 0 aromatic carbocycles. The first-order valence-electron chi connectivity index (χ1n) is 16.6. The van der Waals surface area contributed by atoms with Crippen LogP contribution in [0.3, 0.4) is 0 Å². The van der Waals surface area contributed by atoms with E-state index in [1.807, 2.05) is 0 Å². The van der Waals surface area contributed by atoms with Crippen molar-refractivity contribution >= 4 is 12.6 Å². The molecule has 23 atom stereocenters. The molecule has 2 heterocycles. The van der Waals surface area contributed by atoms with Crippen molar-refractivity contribution in [1.82, 2.24) is 5.32 Å². The Kier molecular flexibility index (Phi) is 2.68. The molecule has 18 bridgehead atoms. The molecule has 36 heavy (non-hydrogen) atoms. The Hall–Kier alpha value is 0.310. The van der Waals surface area contributed by atoms with Gasteiger partial charge in [-0.25, -0.2) is 0 Å². The van der Waals surface area contributed by atoms with E-state index in [0.717, 1.165) is 94.8 Å². The van der Waals surface area contributed by atoms with Crippen molar-refractivity contribution in [2.24, 2.45) is 116 Å². The molecule has 0 amide bonds.